The normalized spacial score (nSPS) is 11.7. The maximum atomic E-state index is 12.5. The number of methoxy groups -OCH3 is 1. The molecule has 2 N–H and O–H groups in total. The molecule has 10 heteroatoms. The lowest BCUT2D eigenvalue weighted by Gasteiger charge is -2.12. The highest BCUT2D eigenvalue weighted by atomic mass is 32.2. The van der Waals surface area contributed by atoms with Gasteiger partial charge in [-0.15, -0.1) is 11.3 Å². The van der Waals surface area contributed by atoms with Crippen LogP contribution in [0.1, 0.15) is 0 Å². The molecule has 0 bridgehead atoms. The Hall–Kier alpha value is -2.56. The Kier molecular flexibility index (Phi) is 5.40. The van der Waals surface area contributed by atoms with E-state index in [9.17, 15) is 16.8 Å². The minimum absolute atomic E-state index is 0.00697. The Morgan fingerprint density at radius 3 is 2.15 bits per heavy atom. The van der Waals surface area contributed by atoms with Crippen LogP contribution in [0.2, 0.25) is 0 Å². The van der Waals surface area contributed by atoms with Crippen LogP contribution in [0.5, 0.6) is 5.75 Å². The third kappa shape index (κ3) is 4.41. The third-order valence-corrected chi connectivity index (χ3v) is 7.69. The number of nitrogens with one attached hydrogen (secondary N) is 2. The lowest BCUT2D eigenvalue weighted by molar-refractivity contribution is 0.417. The van der Waals surface area contributed by atoms with Crippen molar-refractivity contribution < 1.29 is 21.6 Å². The molecule has 0 amide bonds. The molecule has 0 fully saturated rings. The van der Waals surface area contributed by atoms with E-state index in [2.05, 4.69) is 9.44 Å². The summed E-state index contributed by atoms with van der Waals surface area (Å²) < 4.78 is 59.7. The summed E-state index contributed by atoms with van der Waals surface area (Å²) in [6, 6.07) is 15.2. The number of rotatable bonds is 7. The van der Waals surface area contributed by atoms with Gasteiger partial charge in [-0.3, -0.25) is 9.44 Å². The molecule has 1 heterocycles. The molecule has 1 aromatic heterocycles. The first-order valence-corrected chi connectivity index (χ1v) is 11.5. The SMILES string of the molecule is COc1ccccc1NS(=O)(=O)c1ccc(NS(=O)(=O)c2cccs2)cc1. The van der Waals surface area contributed by atoms with E-state index in [1.54, 1.807) is 35.7 Å². The van der Waals surface area contributed by atoms with E-state index in [0.29, 0.717) is 11.4 Å². The molecule has 7 nitrogen and oxygen atoms in total. The predicted octanol–water partition coefficient (Wildman–Crippen LogP) is 3.36. The van der Waals surface area contributed by atoms with Gasteiger partial charge in [0.25, 0.3) is 20.0 Å². The Bertz CT molecular complexity index is 1120. The van der Waals surface area contributed by atoms with Crippen LogP contribution in [0.25, 0.3) is 0 Å². The molecular weight excluding hydrogens is 408 g/mol. The van der Waals surface area contributed by atoms with Crippen molar-refractivity contribution in [2.45, 2.75) is 9.10 Å². The maximum absolute atomic E-state index is 12.5. The minimum Gasteiger partial charge on any atom is -0.495 e. The summed E-state index contributed by atoms with van der Waals surface area (Å²) in [7, 11) is -6.10. The number of benzene rings is 2. The average molecular weight is 425 g/mol. The highest BCUT2D eigenvalue weighted by molar-refractivity contribution is 7.94. The highest BCUT2D eigenvalue weighted by Crippen LogP contribution is 2.27. The molecule has 0 aliphatic rings. The van der Waals surface area contributed by atoms with Gasteiger partial charge in [0.05, 0.1) is 17.7 Å². The molecule has 0 unspecified atom stereocenters. The first-order chi connectivity index (χ1) is 12.8. The molecule has 3 aromatic rings. The van der Waals surface area contributed by atoms with Gasteiger partial charge in [-0.25, -0.2) is 16.8 Å². The van der Waals surface area contributed by atoms with Gasteiger partial charge in [-0.05, 0) is 47.8 Å². The van der Waals surface area contributed by atoms with E-state index in [0.717, 1.165) is 11.3 Å². The molecule has 3 rings (SSSR count). The Morgan fingerprint density at radius 2 is 1.52 bits per heavy atom. The second-order valence-corrected chi connectivity index (χ2v) is 9.91. The van der Waals surface area contributed by atoms with Crippen molar-refractivity contribution in [1.29, 1.82) is 0 Å². The van der Waals surface area contributed by atoms with Crippen LogP contribution in [-0.4, -0.2) is 23.9 Å². The van der Waals surface area contributed by atoms with E-state index in [-0.39, 0.29) is 14.8 Å². The Labute approximate surface area is 161 Å². The highest BCUT2D eigenvalue weighted by Gasteiger charge is 2.18. The number of ether oxygens (including phenoxy) is 1. The molecule has 0 spiro atoms. The topological polar surface area (TPSA) is 102 Å². The summed E-state index contributed by atoms with van der Waals surface area (Å²) in [5, 5.41) is 1.66. The van der Waals surface area contributed by atoms with Crippen LogP contribution < -0.4 is 14.2 Å². The van der Waals surface area contributed by atoms with Crippen molar-refractivity contribution in [2.75, 3.05) is 16.6 Å². The molecule has 0 aliphatic heterocycles. The molecule has 142 valence electrons. The Balaban J connectivity index is 1.80. The van der Waals surface area contributed by atoms with Gasteiger partial charge < -0.3 is 4.74 Å². The molecule has 0 atom stereocenters. The van der Waals surface area contributed by atoms with E-state index >= 15 is 0 Å². The fourth-order valence-corrected chi connectivity index (χ4v) is 5.38. The number of para-hydroxylation sites is 2. The van der Waals surface area contributed by atoms with Crippen LogP contribution in [0, 0.1) is 0 Å². The van der Waals surface area contributed by atoms with E-state index in [1.807, 2.05) is 0 Å². The zero-order valence-electron chi connectivity index (χ0n) is 14.1. The summed E-state index contributed by atoms with van der Waals surface area (Å²) in [6.07, 6.45) is 0. The van der Waals surface area contributed by atoms with Gasteiger partial charge in [0.15, 0.2) is 0 Å². The minimum atomic E-state index is -3.85. The smallest absolute Gasteiger partial charge is 0.271 e. The lowest BCUT2D eigenvalue weighted by atomic mass is 10.3. The molecule has 27 heavy (non-hydrogen) atoms. The van der Waals surface area contributed by atoms with Crippen molar-refractivity contribution in [3.8, 4) is 5.75 Å². The van der Waals surface area contributed by atoms with Gasteiger partial charge in [0, 0.05) is 5.69 Å². The van der Waals surface area contributed by atoms with Crippen molar-refractivity contribution in [2.24, 2.45) is 0 Å². The van der Waals surface area contributed by atoms with Gasteiger partial charge in [-0.2, -0.15) is 0 Å². The molecule has 0 aliphatic carbocycles. The van der Waals surface area contributed by atoms with Gasteiger partial charge in [0.1, 0.15) is 9.96 Å². The van der Waals surface area contributed by atoms with Crippen LogP contribution in [0.15, 0.2) is 75.1 Å². The number of sulfonamides is 2. The van der Waals surface area contributed by atoms with Crippen LogP contribution in [0.4, 0.5) is 11.4 Å². The Morgan fingerprint density at radius 1 is 0.815 bits per heavy atom. The number of hydrogen-bond donors (Lipinski definition) is 2. The molecule has 2 aromatic carbocycles. The summed E-state index contributed by atoms with van der Waals surface area (Å²) in [4.78, 5) is -0.00697. The van der Waals surface area contributed by atoms with Gasteiger partial charge >= 0.3 is 0 Å². The zero-order chi connectivity index (χ0) is 19.5. The first-order valence-electron chi connectivity index (χ1n) is 7.64. The summed E-state index contributed by atoms with van der Waals surface area (Å²) >= 11 is 1.09. The fraction of sp³-hybridized carbons (Fsp3) is 0.0588. The second kappa shape index (κ2) is 7.59. The number of thiophene rings is 1. The molecule has 0 saturated heterocycles. The summed E-state index contributed by atoms with van der Waals surface area (Å²) in [5.41, 5.74) is 0.571. The lowest BCUT2D eigenvalue weighted by Crippen LogP contribution is -2.14. The van der Waals surface area contributed by atoms with E-state index < -0.39 is 20.0 Å². The number of hydrogen-bond acceptors (Lipinski definition) is 6. The summed E-state index contributed by atoms with van der Waals surface area (Å²) in [5.74, 6) is 0.390. The van der Waals surface area contributed by atoms with Crippen molar-refractivity contribution in [3.63, 3.8) is 0 Å². The third-order valence-electron chi connectivity index (χ3n) is 3.53. The van der Waals surface area contributed by atoms with E-state index in [1.165, 1.54) is 37.4 Å². The quantitative estimate of drug-likeness (QED) is 0.606. The average Bonchev–Trinajstić information content (AvgIpc) is 3.18. The molecule has 0 saturated carbocycles. The zero-order valence-corrected chi connectivity index (χ0v) is 16.6. The van der Waals surface area contributed by atoms with Crippen LogP contribution in [-0.2, 0) is 20.0 Å². The standard InChI is InChI=1S/C17H16N2O5S3/c1-24-16-6-3-2-5-15(16)19-26(20,21)14-10-8-13(9-11-14)18-27(22,23)17-7-4-12-25-17/h2-12,18-19H,1H3. The van der Waals surface area contributed by atoms with Crippen LogP contribution in [0.3, 0.4) is 0 Å². The van der Waals surface area contributed by atoms with Gasteiger partial charge in [-0.1, -0.05) is 18.2 Å². The van der Waals surface area contributed by atoms with Crippen LogP contribution >= 0.6 is 11.3 Å². The van der Waals surface area contributed by atoms with Crippen molar-refractivity contribution in [3.05, 3.63) is 66.0 Å². The van der Waals surface area contributed by atoms with E-state index in [4.69, 9.17) is 4.74 Å². The summed E-state index contributed by atoms with van der Waals surface area (Å²) in [6.45, 7) is 0. The molecular formula is C17H16N2O5S3. The van der Waals surface area contributed by atoms with Crippen molar-refractivity contribution in [1.82, 2.24) is 0 Å². The largest absolute Gasteiger partial charge is 0.495 e. The second-order valence-electron chi connectivity index (χ2n) is 5.37. The first kappa shape index (κ1) is 19.2. The van der Waals surface area contributed by atoms with Crippen molar-refractivity contribution >= 4 is 42.8 Å². The fourth-order valence-electron chi connectivity index (χ4n) is 2.26. The van der Waals surface area contributed by atoms with Gasteiger partial charge in [0.2, 0.25) is 0 Å². The number of anilines is 2. The monoisotopic (exact) mass is 424 g/mol. The predicted molar refractivity (Wildman–Crippen MR) is 105 cm³/mol. The molecule has 0 radical (unpaired) electrons. The maximum Gasteiger partial charge on any atom is 0.271 e.